The molecule has 224 valence electrons. The minimum absolute atomic E-state index is 0.00704. The molecule has 1 fully saturated rings. The van der Waals surface area contributed by atoms with Crippen molar-refractivity contribution in [2.75, 3.05) is 6.54 Å². The van der Waals surface area contributed by atoms with Crippen molar-refractivity contribution in [3.63, 3.8) is 0 Å². The largest absolute Gasteiger partial charge is 0.331 e. The summed E-state index contributed by atoms with van der Waals surface area (Å²) in [5, 5.41) is 6.39. The predicted octanol–water partition coefficient (Wildman–Crippen LogP) is 9.72. The first-order chi connectivity index (χ1) is 20.6. The van der Waals surface area contributed by atoms with Crippen molar-refractivity contribution in [2.24, 2.45) is 0 Å². The van der Waals surface area contributed by atoms with Crippen LogP contribution in [0.3, 0.4) is 0 Å². The molecule has 0 bridgehead atoms. The molecule has 1 N–H and O–H groups in total. The molecule has 1 heterocycles. The number of carbonyl (C=O) groups excluding carboxylic acids is 3. The lowest BCUT2D eigenvalue weighted by Crippen LogP contribution is -2.54. The van der Waals surface area contributed by atoms with Crippen molar-refractivity contribution in [2.45, 2.75) is 110 Å². The van der Waals surface area contributed by atoms with Gasteiger partial charge in [-0.3, -0.25) is 19.8 Å². The van der Waals surface area contributed by atoms with Gasteiger partial charge in [-0.05, 0) is 45.7 Å². The molecule has 0 spiro atoms. The van der Waals surface area contributed by atoms with Crippen LogP contribution in [0, 0.1) is 0 Å². The zero-order chi connectivity index (χ0) is 29.6. The van der Waals surface area contributed by atoms with Gasteiger partial charge in [-0.1, -0.05) is 152 Å². The smallest absolute Gasteiger partial charge is 0.273 e. The number of rotatable bonds is 18. The summed E-state index contributed by atoms with van der Waals surface area (Å²) in [6.07, 6.45) is 22.0. The predicted molar refractivity (Wildman–Crippen MR) is 174 cm³/mol. The van der Waals surface area contributed by atoms with Crippen molar-refractivity contribution >= 4 is 45.5 Å². The van der Waals surface area contributed by atoms with Crippen molar-refractivity contribution in [1.82, 2.24) is 10.2 Å². The van der Waals surface area contributed by atoms with Gasteiger partial charge in [0.15, 0.2) is 0 Å². The van der Waals surface area contributed by atoms with E-state index in [1.54, 1.807) is 6.08 Å². The minimum atomic E-state index is -0.634. The van der Waals surface area contributed by atoms with Crippen molar-refractivity contribution in [1.29, 1.82) is 0 Å². The zero-order valence-corrected chi connectivity index (χ0v) is 25.5. The molecule has 0 radical (unpaired) electrons. The molecule has 3 aromatic rings. The number of barbiturate groups is 1. The maximum atomic E-state index is 13.4. The summed E-state index contributed by atoms with van der Waals surface area (Å²) in [7, 11) is 0. The maximum Gasteiger partial charge on any atom is 0.331 e. The molecular formula is C37H48N2O3. The number of urea groups is 1. The van der Waals surface area contributed by atoms with E-state index in [0.717, 1.165) is 46.4 Å². The van der Waals surface area contributed by atoms with Crippen LogP contribution in [0.15, 0.2) is 60.2 Å². The van der Waals surface area contributed by atoms with Crippen LogP contribution in [0.2, 0.25) is 0 Å². The van der Waals surface area contributed by atoms with E-state index >= 15 is 0 Å². The second-order valence-electron chi connectivity index (χ2n) is 11.8. The van der Waals surface area contributed by atoms with E-state index in [9.17, 15) is 14.4 Å². The number of fused-ring (bicyclic) bond motifs is 2. The van der Waals surface area contributed by atoms with E-state index in [-0.39, 0.29) is 5.57 Å². The highest BCUT2D eigenvalue weighted by atomic mass is 16.2. The summed E-state index contributed by atoms with van der Waals surface area (Å²) in [6.45, 7) is 2.59. The number of amides is 4. The van der Waals surface area contributed by atoms with Crippen LogP contribution >= 0.6 is 0 Å². The molecule has 1 saturated heterocycles. The van der Waals surface area contributed by atoms with Gasteiger partial charge in [-0.15, -0.1) is 0 Å². The Bertz CT molecular complexity index is 1320. The second-order valence-corrected chi connectivity index (χ2v) is 11.8. The Labute approximate surface area is 251 Å². The number of imide groups is 2. The third kappa shape index (κ3) is 8.77. The fraction of sp³-hybridized carbons (Fsp3) is 0.486. The molecule has 0 atom stereocenters. The van der Waals surface area contributed by atoms with Crippen LogP contribution in [-0.4, -0.2) is 29.3 Å². The van der Waals surface area contributed by atoms with E-state index < -0.39 is 17.8 Å². The summed E-state index contributed by atoms with van der Waals surface area (Å²) < 4.78 is 0. The fourth-order valence-electron chi connectivity index (χ4n) is 6.06. The first kappa shape index (κ1) is 31.5. The van der Waals surface area contributed by atoms with Gasteiger partial charge >= 0.3 is 6.03 Å². The molecule has 0 unspecified atom stereocenters. The second kappa shape index (κ2) is 16.8. The Balaban J connectivity index is 1.21. The van der Waals surface area contributed by atoms with Crippen LogP contribution in [0.4, 0.5) is 4.79 Å². The summed E-state index contributed by atoms with van der Waals surface area (Å²) in [4.78, 5) is 40.0. The van der Waals surface area contributed by atoms with Crippen molar-refractivity contribution in [3.05, 3.63) is 65.7 Å². The number of benzene rings is 3. The van der Waals surface area contributed by atoms with E-state index in [4.69, 9.17) is 0 Å². The van der Waals surface area contributed by atoms with Crippen LogP contribution < -0.4 is 5.32 Å². The lowest BCUT2D eigenvalue weighted by atomic mass is 9.94. The Morgan fingerprint density at radius 2 is 1.07 bits per heavy atom. The first-order valence-electron chi connectivity index (χ1n) is 16.4. The van der Waals surface area contributed by atoms with Crippen LogP contribution in [0.1, 0.15) is 115 Å². The summed E-state index contributed by atoms with van der Waals surface area (Å²) in [6, 6.07) is 17.4. The number of hydrogen-bond donors (Lipinski definition) is 1. The van der Waals surface area contributed by atoms with Crippen LogP contribution in [-0.2, 0) is 9.59 Å². The highest BCUT2D eigenvalue weighted by Gasteiger charge is 2.35. The highest BCUT2D eigenvalue weighted by molar-refractivity contribution is 6.31. The van der Waals surface area contributed by atoms with Gasteiger partial charge in [0.05, 0.1) is 0 Å². The average molecular weight is 569 g/mol. The molecule has 4 amide bonds. The number of nitrogens with one attached hydrogen (secondary N) is 1. The van der Waals surface area contributed by atoms with E-state index in [1.165, 1.54) is 88.4 Å². The van der Waals surface area contributed by atoms with Gasteiger partial charge in [0.25, 0.3) is 11.8 Å². The van der Waals surface area contributed by atoms with Gasteiger partial charge in [-0.2, -0.15) is 0 Å². The zero-order valence-electron chi connectivity index (χ0n) is 25.5. The van der Waals surface area contributed by atoms with Crippen molar-refractivity contribution < 1.29 is 14.4 Å². The lowest BCUT2D eigenvalue weighted by Gasteiger charge is -2.26. The van der Waals surface area contributed by atoms with Crippen LogP contribution in [0.5, 0.6) is 0 Å². The van der Waals surface area contributed by atoms with Crippen molar-refractivity contribution in [3.8, 4) is 0 Å². The molecule has 4 rings (SSSR count). The van der Waals surface area contributed by atoms with Gasteiger partial charge in [0, 0.05) is 6.54 Å². The minimum Gasteiger partial charge on any atom is -0.273 e. The van der Waals surface area contributed by atoms with E-state index in [2.05, 4.69) is 18.3 Å². The monoisotopic (exact) mass is 568 g/mol. The lowest BCUT2D eigenvalue weighted by molar-refractivity contribution is -0.130. The van der Waals surface area contributed by atoms with E-state index in [1.807, 2.05) is 48.5 Å². The molecule has 3 aromatic carbocycles. The van der Waals surface area contributed by atoms with E-state index in [0.29, 0.717) is 6.54 Å². The molecule has 5 nitrogen and oxygen atoms in total. The number of carbonyl (C=O) groups is 3. The Morgan fingerprint density at radius 1 is 0.619 bits per heavy atom. The Kier molecular flexibility index (Phi) is 12.6. The molecule has 1 aliphatic rings. The number of nitrogens with zero attached hydrogens (tertiary/aromatic N) is 1. The SMILES string of the molecule is CCCCCCCCCCCCCCCCCCN1C(=O)NC(=O)C(=Cc2c3ccccc3cc3ccccc23)C1=O. The van der Waals surface area contributed by atoms with Crippen LogP contribution in [0.25, 0.3) is 27.6 Å². The molecule has 0 aromatic heterocycles. The van der Waals surface area contributed by atoms with Gasteiger partial charge < -0.3 is 0 Å². The fourth-order valence-corrected chi connectivity index (χ4v) is 6.06. The normalized spacial score (nSPS) is 14.8. The van der Waals surface area contributed by atoms with Gasteiger partial charge in [0.1, 0.15) is 5.57 Å². The molecular weight excluding hydrogens is 520 g/mol. The molecule has 0 saturated carbocycles. The quantitative estimate of drug-likeness (QED) is 0.0719. The maximum absolute atomic E-state index is 13.4. The topological polar surface area (TPSA) is 66.5 Å². The third-order valence-corrected chi connectivity index (χ3v) is 8.52. The number of unbranched alkanes of at least 4 members (excludes halogenated alkanes) is 15. The first-order valence-corrected chi connectivity index (χ1v) is 16.4. The summed E-state index contributed by atoms with van der Waals surface area (Å²) in [5.74, 6) is -1.15. The molecule has 0 aliphatic carbocycles. The summed E-state index contributed by atoms with van der Waals surface area (Å²) in [5.41, 5.74) is 0.825. The standard InChI is InChI=1S/C37H48N2O3/c1-2-3-4-5-6-7-8-9-10-11-12-13-14-15-16-21-26-39-36(41)34(35(40)38-37(39)42)28-33-31-24-19-17-22-29(31)27-30-23-18-20-25-32(30)33/h17-20,22-25,27-28H,2-16,21,26H2,1H3,(H,38,40,42). The third-order valence-electron chi connectivity index (χ3n) is 8.52. The molecule has 5 heteroatoms. The number of hydrogen-bond acceptors (Lipinski definition) is 3. The average Bonchev–Trinajstić information content (AvgIpc) is 2.99. The Hall–Kier alpha value is -3.47. The Morgan fingerprint density at radius 3 is 1.57 bits per heavy atom. The highest BCUT2D eigenvalue weighted by Crippen LogP contribution is 2.31. The summed E-state index contributed by atoms with van der Waals surface area (Å²) >= 11 is 0. The molecule has 42 heavy (non-hydrogen) atoms. The molecule has 1 aliphatic heterocycles. The van der Waals surface area contributed by atoms with Gasteiger partial charge in [-0.25, -0.2) is 4.79 Å². The van der Waals surface area contributed by atoms with Gasteiger partial charge in [0.2, 0.25) is 0 Å².